The first-order chi connectivity index (χ1) is 8.62. The van der Waals surface area contributed by atoms with Gasteiger partial charge in [0.1, 0.15) is 0 Å². The van der Waals surface area contributed by atoms with Gasteiger partial charge in [0.2, 0.25) is 0 Å². The van der Waals surface area contributed by atoms with Crippen LogP contribution in [-0.2, 0) is 10.8 Å². The molecule has 0 aromatic heterocycles. The molecule has 0 N–H and O–H groups in total. The van der Waals surface area contributed by atoms with E-state index in [1.165, 1.54) is 11.1 Å². The third kappa shape index (κ3) is 2.01. The van der Waals surface area contributed by atoms with E-state index in [1.54, 1.807) is 0 Å². The van der Waals surface area contributed by atoms with Crippen molar-refractivity contribution in [3.63, 3.8) is 0 Å². The quantitative estimate of drug-likeness (QED) is 0.681. The summed E-state index contributed by atoms with van der Waals surface area (Å²) in [5, 5.41) is 0. The zero-order chi connectivity index (χ0) is 14.1. The molecule has 1 spiro atoms. The predicted molar refractivity (Wildman–Crippen MR) is 77.1 cm³/mol. The highest BCUT2D eigenvalue weighted by Gasteiger charge is 2.55. The van der Waals surface area contributed by atoms with Crippen LogP contribution in [0.3, 0.4) is 0 Å². The maximum atomic E-state index is 6.18. The summed E-state index contributed by atoms with van der Waals surface area (Å²) in [5.41, 5.74) is 2.65. The van der Waals surface area contributed by atoms with Crippen LogP contribution in [0.4, 0.5) is 0 Å². The van der Waals surface area contributed by atoms with Gasteiger partial charge in [-0.25, -0.2) is 0 Å². The summed E-state index contributed by atoms with van der Waals surface area (Å²) >= 11 is 0. The van der Waals surface area contributed by atoms with Crippen molar-refractivity contribution in [1.29, 1.82) is 0 Å². The van der Waals surface area contributed by atoms with Crippen molar-refractivity contribution in [3.8, 4) is 11.5 Å². The predicted octanol–water partition coefficient (Wildman–Crippen LogP) is 4.54. The molecule has 1 aliphatic carbocycles. The number of fused-ring (bicyclic) bond motifs is 1. The third-order valence-corrected chi connectivity index (χ3v) is 3.96. The number of ether oxygens (including phenoxy) is 2. The molecular formula is C17H24O2. The lowest BCUT2D eigenvalue weighted by Crippen LogP contribution is -2.20. The molecule has 0 unspecified atom stereocenters. The van der Waals surface area contributed by atoms with E-state index in [1.807, 2.05) is 0 Å². The first kappa shape index (κ1) is 12.8. The molecular weight excluding hydrogens is 236 g/mol. The van der Waals surface area contributed by atoms with E-state index < -0.39 is 0 Å². The van der Waals surface area contributed by atoms with Gasteiger partial charge >= 0.3 is 0 Å². The van der Waals surface area contributed by atoms with Crippen LogP contribution < -0.4 is 9.47 Å². The Bertz CT molecular complexity index is 480. The zero-order valence-electron chi connectivity index (χ0n) is 12.9. The number of rotatable bonds is 0. The van der Waals surface area contributed by atoms with Gasteiger partial charge in [-0.15, -0.1) is 0 Å². The highest BCUT2D eigenvalue weighted by atomic mass is 16.7. The minimum atomic E-state index is -0.330. The van der Waals surface area contributed by atoms with E-state index in [2.05, 4.69) is 53.7 Å². The highest BCUT2D eigenvalue weighted by Crippen LogP contribution is 2.56. The van der Waals surface area contributed by atoms with E-state index in [0.29, 0.717) is 0 Å². The fourth-order valence-corrected chi connectivity index (χ4v) is 2.65. The van der Waals surface area contributed by atoms with E-state index >= 15 is 0 Å². The zero-order valence-corrected chi connectivity index (χ0v) is 12.9. The topological polar surface area (TPSA) is 18.5 Å². The van der Waals surface area contributed by atoms with Crippen LogP contribution in [-0.4, -0.2) is 5.79 Å². The molecule has 2 heteroatoms. The van der Waals surface area contributed by atoms with Gasteiger partial charge < -0.3 is 9.47 Å². The molecule has 2 nitrogen and oxygen atoms in total. The maximum absolute atomic E-state index is 6.18. The minimum absolute atomic E-state index is 0.0737. The Morgan fingerprint density at radius 3 is 1.42 bits per heavy atom. The van der Waals surface area contributed by atoms with E-state index in [9.17, 15) is 0 Å². The molecule has 1 aromatic rings. The van der Waals surface area contributed by atoms with Crippen molar-refractivity contribution >= 4 is 0 Å². The smallest absolute Gasteiger partial charge is 0.252 e. The normalized spacial score (nSPS) is 19.9. The standard InChI is InChI=1S/C17H24O2/c1-15(2,3)11-7-8-12(16(4,5)6)14-13(11)18-17(19-14)9-10-17/h7-8H,9-10H2,1-6H3. The Hall–Kier alpha value is -1.18. The van der Waals surface area contributed by atoms with Crippen molar-refractivity contribution in [2.75, 3.05) is 0 Å². The van der Waals surface area contributed by atoms with E-state index in [0.717, 1.165) is 24.3 Å². The monoisotopic (exact) mass is 260 g/mol. The Balaban J connectivity index is 2.18. The summed E-state index contributed by atoms with van der Waals surface area (Å²) in [6, 6.07) is 4.42. The third-order valence-electron chi connectivity index (χ3n) is 3.96. The Morgan fingerprint density at radius 2 is 1.16 bits per heavy atom. The fourth-order valence-electron chi connectivity index (χ4n) is 2.65. The lowest BCUT2D eigenvalue weighted by Gasteiger charge is -2.25. The van der Waals surface area contributed by atoms with Gasteiger partial charge in [-0.2, -0.15) is 0 Å². The summed E-state index contributed by atoms with van der Waals surface area (Å²) in [6.45, 7) is 13.3. The SMILES string of the molecule is CC(C)(C)c1ccc(C(C)(C)C)c2c1OC1(CC1)O2. The second-order valence-electron chi connectivity index (χ2n) is 7.93. The highest BCUT2D eigenvalue weighted by molar-refractivity contribution is 5.58. The molecule has 0 bridgehead atoms. The molecule has 2 aliphatic rings. The average Bonchev–Trinajstić information content (AvgIpc) is 2.86. The molecule has 1 saturated carbocycles. The second-order valence-corrected chi connectivity index (χ2v) is 7.93. The van der Waals surface area contributed by atoms with Crippen LogP contribution in [0.5, 0.6) is 11.5 Å². The molecule has 1 aromatic carbocycles. The van der Waals surface area contributed by atoms with Crippen molar-refractivity contribution in [1.82, 2.24) is 0 Å². The molecule has 0 saturated heterocycles. The Labute approximate surface area is 116 Å². The van der Waals surface area contributed by atoms with E-state index in [-0.39, 0.29) is 16.6 Å². The molecule has 104 valence electrons. The largest absolute Gasteiger partial charge is 0.448 e. The van der Waals surface area contributed by atoms with Gasteiger partial charge in [0.25, 0.3) is 5.79 Å². The maximum Gasteiger partial charge on any atom is 0.252 e. The van der Waals surface area contributed by atoms with Gasteiger partial charge in [0.15, 0.2) is 11.5 Å². The van der Waals surface area contributed by atoms with Gasteiger partial charge in [-0.3, -0.25) is 0 Å². The Kier molecular flexibility index (Phi) is 2.35. The lowest BCUT2D eigenvalue weighted by atomic mass is 9.81. The molecule has 1 fully saturated rings. The van der Waals surface area contributed by atoms with Gasteiger partial charge in [0.05, 0.1) is 0 Å². The van der Waals surface area contributed by atoms with Crippen LogP contribution >= 0.6 is 0 Å². The van der Waals surface area contributed by atoms with Gasteiger partial charge in [-0.1, -0.05) is 53.7 Å². The van der Waals surface area contributed by atoms with Crippen molar-refractivity contribution in [3.05, 3.63) is 23.3 Å². The summed E-state index contributed by atoms with van der Waals surface area (Å²) in [5.74, 6) is 1.64. The summed E-state index contributed by atoms with van der Waals surface area (Å²) < 4.78 is 12.4. The molecule has 3 rings (SSSR count). The van der Waals surface area contributed by atoms with Crippen LogP contribution in [0, 0.1) is 0 Å². The van der Waals surface area contributed by atoms with Crippen LogP contribution in [0.25, 0.3) is 0 Å². The summed E-state index contributed by atoms with van der Waals surface area (Å²) in [4.78, 5) is 0. The van der Waals surface area contributed by atoms with Gasteiger partial charge in [0, 0.05) is 24.0 Å². The molecule has 19 heavy (non-hydrogen) atoms. The van der Waals surface area contributed by atoms with E-state index in [4.69, 9.17) is 9.47 Å². The molecule has 1 heterocycles. The molecule has 0 amide bonds. The minimum Gasteiger partial charge on any atom is -0.448 e. The number of benzene rings is 1. The molecule has 1 aliphatic heterocycles. The van der Waals surface area contributed by atoms with Crippen LogP contribution in [0.15, 0.2) is 12.1 Å². The molecule has 0 radical (unpaired) electrons. The lowest BCUT2D eigenvalue weighted by molar-refractivity contribution is 0.0202. The summed E-state index contributed by atoms with van der Waals surface area (Å²) in [6.07, 6.45) is 2.02. The van der Waals surface area contributed by atoms with Crippen molar-refractivity contribution in [2.24, 2.45) is 0 Å². The van der Waals surface area contributed by atoms with Crippen molar-refractivity contribution < 1.29 is 9.47 Å². The fraction of sp³-hybridized carbons (Fsp3) is 0.647. The summed E-state index contributed by atoms with van der Waals surface area (Å²) in [7, 11) is 0. The average molecular weight is 260 g/mol. The van der Waals surface area contributed by atoms with Crippen molar-refractivity contribution in [2.45, 2.75) is 71.0 Å². The first-order valence-electron chi connectivity index (χ1n) is 7.18. The van der Waals surface area contributed by atoms with Gasteiger partial charge in [-0.05, 0) is 10.8 Å². The van der Waals surface area contributed by atoms with Crippen LogP contribution in [0.2, 0.25) is 0 Å². The number of hydrogen-bond acceptors (Lipinski definition) is 2. The van der Waals surface area contributed by atoms with Crippen LogP contribution in [0.1, 0.15) is 65.5 Å². The first-order valence-corrected chi connectivity index (χ1v) is 7.18. The molecule has 0 atom stereocenters. The Morgan fingerprint density at radius 1 is 0.789 bits per heavy atom. The second kappa shape index (κ2) is 3.47. The number of hydrogen-bond donors (Lipinski definition) is 0.